The molecule has 0 aromatic heterocycles. The Balaban J connectivity index is 0. The van der Waals surface area contributed by atoms with Crippen molar-refractivity contribution in [3.63, 3.8) is 0 Å². The van der Waals surface area contributed by atoms with Crippen LogP contribution in [0.25, 0.3) is 0 Å². The van der Waals surface area contributed by atoms with Gasteiger partial charge in [-0.1, -0.05) is 0 Å². The van der Waals surface area contributed by atoms with Crippen molar-refractivity contribution in [2.45, 2.75) is 0 Å². The van der Waals surface area contributed by atoms with Gasteiger partial charge in [-0.2, -0.15) is 0 Å². The molecule has 0 nitrogen and oxygen atoms in total. The summed E-state index contributed by atoms with van der Waals surface area (Å²) in [6.45, 7) is 0. The van der Waals surface area contributed by atoms with Crippen molar-refractivity contribution in [3.8, 4) is 0 Å². The second-order valence-electron chi connectivity index (χ2n) is 0. The van der Waals surface area contributed by atoms with Gasteiger partial charge in [0.2, 0.25) is 0 Å². The van der Waals surface area contributed by atoms with E-state index in [4.69, 9.17) is 0 Å². The Morgan fingerprint density at radius 1 is 0.500 bits per heavy atom. The van der Waals surface area contributed by atoms with Crippen molar-refractivity contribution >= 4 is 0 Å². The molecule has 0 unspecified atom stereocenters. The average molecular weight is 336 g/mol. The van der Waals surface area contributed by atoms with Gasteiger partial charge >= 0.3 is 21.1 Å². The van der Waals surface area contributed by atoms with Crippen LogP contribution in [0.15, 0.2) is 0 Å². The summed E-state index contributed by atoms with van der Waals surface area (Å²) < 4.78 is 0. The largest absolute Gasteiger partial charge is 3.00 e. The van der Waals surface area contributed by atoms with Crippen LogP contribution < -0.4 is 50.9 Å². The maximum absolute atomic E-state index is 0. The van der Waals surface area contributed by atoms with Crippen molar-refractivity contribution in [2.24, 2.45) is 0 Å². The van der Waals surface area contributed by atoms with E-state index in [0.29, 0.717) is 0 Å². The molecule has 0 N–H and O–H groups in total. The van der Waals surface area contributed by atoms with Gasteiger partial charge in [0.25, 0.3) is 0 Å². The number of rotatable bonds is 0. The molecule has 0 atom stereocenters. The molecule has 0 aliphatic rings. The molecular weight excluding hydrogens is 336 g/mol. The van der Waals surface area contributed by atoms with Gasteiger partial charge in [-0.05, 0) is 0 Å². The minimum atomic E-state index is 0. The third kappa shape index (κ3) is 8.92. The van der Waals surface area contributed by atoms with E-state index in [-0.39, 0.29) is 72.0 Å². The molecule has 0 fully saturated rings. The Bertz CT molecular complexity index is 3.25. The van der Waals surface area contributed by atoms with Gasteiger partial charge in [-0.3, -0.25) is 0 Å². The second kappa shape index (κ2) is 19.3. The SMILES string of the molecule is [Br-].[Br-].[Br-].[Mo+3]. The quantitative estimate of drug-likeness (QED) is 0.386. The van der Waals surface area contributed by atoms with Crippen LogP contribution in [0.5, 0.6) is 0 Å². The molecule has 4 heteroatoms. The molecule has 0 bridgehead atoms. The smallest absolute Gasteiger partial charge is 1.00 e. The summed E-state index contributed by atoms with van der Waals surface area (Å²) in [6, 6.07) is 0. The molecule has 0 amide bonds. The molecular formula is Br3Mo. The Labute approximate surface area is 71.3 Å². The fourth-order valence-electron chi connectivity index (χ4n) is 0. The monoisotopic (exact) mass is 335 g/mol. The minimum absolute atomic E-state index is 0. The molecule has 0 heterocycles. The van der Waals surface area contributed by atoms with Gasteiger partial charge in [0, 0.05) is 0 Å². The first-order valence-corrected chi connectivity index (χ1v) is 0. The summed E-state index contributed by atoms with van der Waals surface area (Å²) in [7, 11) is 0. The molecule has 4 heavy (non-hydrogen) atoms. The summed E-state index contributed by atoms with van der Waals surface area (Å²) in [6.07, 6.45) is 0. The summed E-state index contributed by atoms with van der Waals surface area (Å²) >= 11 is 0. The zero-order valence-corrected chi connectivity index (χ0v) is 8.31. The third-order valence-corrected chi connectivity index (χ3v) is 0. The van der Waals surface area contributed by atoms with Crippen LogP contribution in [-0.4, -0.2) is 0 Å². The van der Waals surface area contributed by atoms with Crippen LogP contribution in [0.4, 0.5) is 0 Å². The summed E-state index contributed by atoms with van der Waals surface area (Å²) in [4.78, 5) is 0. The first kappa shape index (κ1) is 35.6. The molecule has 0 aliphatic carbocycles. The van der Waals surface area contributed by atoms with Crippen LogP contribution in [0.2, 0.25) is 0 Å². The Kier molecular flexibility index (Phi) is 172. The number of hydrogen-bond donors (Lipinski definition) is 0. The van der Waals surface area contributed by atoms with Crippen LogP contribution in [-0.2, 0) is 21.1 Å². The standard InChI is InChI=1S/3BrH.Mo/h3*1H;/q;;;+3/p-3. The average Bonchev–Trinajstić information content (AvgIpc) is 0. The van der Waals surface area contributed by atoms with Crippen molar-refractivity contribution in [1.82, 2.24) is 0 Å². The fraction of sp³-hybridized carbons (Fsp3) is 0. The van der Waals surface area contributed by atoms with Gasteiger partial charge in [0.1, 0.15) is 0 Å². The maximum atomic E-state index is 0. The minimum Gasteiger partial charge on any atom is -1.00 e. The fourth-order valence-corrected chi connectivity index (χ4v) is 0. The van der Waals surface area contributed by atoms with Crippen LogP contribution >= 0.6 is 0 Å². The predicted molar refractivity (Wildman–Crippen MR) is 0 cm³/mol. The van der Waals surface area contributed by atoms with Crippen molar-refractivity contribution < 1.29 is 72.0 Å². The van der Waals surface area contributed by atoms with E-state index in [1.807, 2.05) is 0 Å². The molecule has 27 valence electrons. The van der Waals surface area contributed by atoms with E-state index in [0.717, 1.165) is 0 Å². The molecule has 0 aromatic rings. The Morgan fingerprint density at radius 3 is 0.500 bits per heavy atom. The first-order valence-electron chi connectivity index (χ1n) is 0. The van der Waals surface area contributed by atoms with Crippen molar-refractivity contribution in [3.05, 3.63) is 0 Å². The second-order valence-corrected chi connectivity index (χ2v) is 0. The van der Waals surface area contributed by atoms with E-state index in [1.165, 1.54) is 0 Å². The molecule has 0 saturated carbocycles. The van der Waals surface area contributed by atoms with Gasteiger partial charge in [-0.25, -0.2) is 0 Å². The normalized spacial score (nSPS) is 0. The van der Waals surface area contributed by atoms with Crippen molar-refractivity contribution in [1.29, 1.82) is 0 Å². The van der Waals surface area contributed by atoms with Gasteiger partial charge in [-0.15, -0.1) is 0 Å². The van der Waals surface area contributed by atoms with Crippen LogP contribution in [0.3, 0.4) is 0 Å². The van der Waals surface area contributed by atoms with E-state index in [1.54, 1.807) is 0 Å². The summed E-state index contributed by atoms with van der Waals surface area (Å²) in [5.74, 6) is 0. The molecule has 1 radical (unpaired) electrons. The summed E-state index contributed by atoms with van der Waals surface area (Å²) in [5.41, 5.74) is 0. The van der Waals surface area contributed by atoms with Gasteiger partial charge in [0.15, 0.2) is 0 Å². The molecule has 0 aromatic carbocycles. The zero-order valence-electron chi connectivity index (χ0n) is 1.54. The van der Waals surface area contributed by atoms with Crippen LogP contribution in [0, 0.1) is 0 Å². The Hall–Kier alpha value is 2.13. The number of halogens is 3. The van der Waals surface area contributed by atoms with Crippen LogP contribution in [0.1, 0.15) is 0 Å². The molecule has 0 spiro atoms. The van der Waals surface area contributed by atoms with E-state index in [2.05, 4.69) is 0 Å². The molecule has 0 rings (SSSR count). The van der Waals surface area contributed by atoms with E-state index < -0.39 is 0 Å². The maximum Gasteiger partial charge on any atom is 3.00 e. The van der Waals surface area contributed by atoms with Crippen molar-refractivity contribution in [2.75, 3.05) is 0 Å². The Morgan fingerprint density at radius 2 is 0.500 bits per heavy atom. The first-order chi connectivity index (χ1) is 0. The van der Waals surface area contributed by atoms with Gasteiger partial charge < -0.3 is 50.9 Å². The summed E-state index contributed by atoms with van der Waals surface area (Å²) in [5, 5.41) is 0. The zero-order chi connectivity index (χ0) is 0. The van der Waals surface area contributed by atoms with E-state index in [9.17, 15) is 0 Å². The molecule has 0 saturated heterocycles. The predicted octanol–water partition coefficient (Wildman–Crippen LogP) is -8.99. The molecule has 0 aliphatic heterocycles. The van der Waals surface area contributed by atoms with Gasteiger partial charge in [0.05, 0.1) is 0 Å². The third-order valence-electron chi connectivity index (χ3n) is 0. The topological polar surface area (TPSA) is 0 Å². The van der Waals surface area contributed by atoms with E-state index >= 15 is 0 Å². The number of hydrogen-bond acceptors (Lipinski definition) is 0.